The number of anilines is 2. The van der Waals surface area contributed by atoms with E-state index in [-0.39, 0.29) is 5.56 Å². The molecule has 3 aromatic rings. The van der Waals surface area contributed by atoms with Crippen molar-refractivity contribution < 1.29 is 4.39 Å². The fraction of sp³-hybridized carbons (Fsp3) is 0. The van der Waals surface area contributed by atoms with Gasteiger partial charge in [-0.05, 0) is 30.3 Å². The van der Waals surface area contributed by atoms with Crippen LogP contribution in [-0.2, 0) is 0 Å². The molecule has 1 aromatic heterocycles. The van der Waals surface area contributed by atoms with Gasteiger partial charge in [-0.15, -0.1) is 0 Å². The number of nitrogens with zero attached hydrogens (tertiary/aromatic N) is 3. The first-order valence-corrected chi connectivity index (χ1v) is 6.66. The van der Waals surface area contributed by atoms with Gasteiger partial charge in [0.15, 0.2) is 0 Å². The van der Waals surface area contributed by atoms with Crippen LogP contribution in [0.5, 0.6) is 0 Å². The molecule has 7 heteroatoms. The van der Waals surface area contributed by atoms with E-state index in [1.807, 2.05) is 6.07 Å². The lowest BCUT2D eigenvalue weighted by molar-refractivity contribution is 0.628. The Bertz CT molecular complexity index is 840. The van der Waals surface area contributed by atoms with Crippen LogP contribution in [0.3, 0.4) is 0 Å². The van der Waals surface area contributed by atoms with E-state index in [1.165, 1.54) is 12.1 Å². The van der Waals surface area contributed by atoms with E-state index in [2.05, 4.69) is 14.1 Å². The molecule has 0 saturated heterocycles. The molecule has 0 amide bonds. The third-order valence-corrected chi connectivity index (χ3v) is 3.53. The fourth-order valence-electron chi connectivity index (χ4n) is 1.82. The monoisotopic (exact) mass is 304 g/mol. The summed E-state index contributed by atoms with van der Waals surface area (Å²) < 4.78 is 21.7. The molecule has 1 heterocycles. The second kappa shape index (κ2) is 5.04. The number of aromatic nitrogens is 2. The SMILES string of the molecule is N#Cc1cc(F)cc(Nc2c(Cl)ccc3nsnc23)c1. The van der Waals surface area contributed by atoms with Gasteiger partial charge in [-0.3, -0.25) is 0 Å². The number of hydrogen-bond acceptors (Lipinski definition) is 5. The molecule has 0 spiro atoms. The molecule has 20 heavy (non-hydrogen) atoms. The Morgan fingerprint density at radius 2 is 2.10 bits per heavy atom. The molecule has 0 aliphatic rings. The van der Waals surface area contributed by atoms with Crippen molar-refractivity contribution in [2.45, 2.75) is 0 Å². The summed E-state index contributed by atoms with van der Waals surface area (Å²) in [5.41, 5.74) is 2.53. The molecule has 3 rings (SSSR count). The predicted molar refractivity (Wildman–Crippen MR) is 76.8 cm³/mol. The zero-order valence-corrected chi connectivity index (χ0v) is 11.5. The maximum atomic E-state index is 13.4. The number of benzene rings is 2. The predicted octanol–water partition coefficient (Wildman–Crippen LogP) is 4.10. The summed E-state index contributed by atoms with van der Waals surface area (Å²) in [6.07, 6.45) is 0. The molecule has 2 aromatic carbocycles. The molecular weight excluding hydrogens is 299 g/mol. The molecule has 98 valence electrons. The average Bonchev–Trinajstić information content (AvgIpc) is 2.90. The largest absolute Gasteiger partial charge is 0.352 e. The number of nitrogens with one attached hydrogen (secondary N) is 1. The highest BCUT2D eigenvalue weighted by atomic mass is 35.5. The summed E-state index contributed by atoms with van der Waals surface area (Å²) in [5.74, 6) is -0.494. The molecule has 0 unspecified atom stereocenters. The quantitative estimate of drug-likeness (QED) is 0.774. The van der Waals surface area contributed by atoms with Crippen molar-refractivity contribution >= 4 is 45.7 Å². The lowest BCUT2D eigenvalue weighted by Crippen LogP contribution is -1.94. The third kappa shape index (κ3) is 2.29. The van der Waals surface area contributed by atoms with Crippen LogP contribution in [0.25, 0.3) is 11.0 Å². The third-order valence-electron chi connectivity index (χ3n) is 2.67. The minimum Gasteiger partial charge on any atom is -0.352 e. The van der Waals surface area contributed by atoms with Gasteiger partial charge >= 0.3 is 0 Å². The van der Waals surface area contributed by atoms with Gasteiger partial charge in [0.25, 0.3) is 0 Å². The zero-order chi connectivity index (χ0) is 14.1. The Kier molecular flexibility index (Phi) is 3.22. The second-order valence-electron chi connectivity index (χ2n) is 4.02. The van der Waals surface area contributed by atoms with Crippen LogP contribution >= 0.6 is 23.3 Å². The van der Waals surface area contributed by atoms with E-state index >= 15 is 0 Å². The lowest BCUT2D eigenvalue weighted by atomic mass is 10.2. The standard InChI is InChI=1S/C13H6ClFN4S/c14-10-1-2-11-13(19-20-18-11)12(10)17-9-4-7(6-16)3-8(15)5-9/h1-5,17H. The molecule has 0 fully saturated rings. The van der Waals surface area contributed by atoms with Gasteiger partial charge in [0, 0.05) is 5.69 Å². The Hall–Kier alpha value is -2.23. The molecular formula is C13H6ClFN4S. The molecule has 1 N–H and O–H groups in total. The maximum Gasteiger partial charge on any atom is 0.129 e. The van der Waals surface area contributed by atoms with Crippen LogP contribution in [0.4, 0.5) is 15.8 Å². The van der Waals surface area contributed by atoms with Gasteiger partial charge < -0.3 is 5.32 Å². The normalized spacial score (nSPS) is 10.4. The lowest BCUT2D eigenvalue weighted by Gasteiger charge is -2.09. The van der Waals surface area contributed by atoms with E-state index in [0.717, 1.165) is 17.8 Å². The summed E-state index contributed by atoms with van der Waals surface area (Å²) in [4.78, 5) is 0. The molecule has 0 bridgehead atoms. The summed E-state index contributed by atoms with van der Waals surface area (Å²) in [6.45, 7) is 0. The van der Waals surface area contributed by atoms with Crippen molar-refractivity contribution in [1.29, 1.82) is 5.26 Å². The molecule has 0 radical (unpaired) electrons. The van der Waals surface area contributed by atoms with Crippen LogP contribution in [0.2, 0.25) is 5.02 Å². The molecule has 4 nitrogen and oxygen atoms in total. The van der Waals surface area contributed by atoms with Crippen molar-refractivity contribution in [3.8, 4) is 6.07 Å². The van der Waals surface area contributed by atoms with Crippen LogP contribution in [0, 0.1) is 17.1 Å². The maximum absolute atomic E-state index is 13.4. The average molecular weight is 305 g/mol. The van der Waals surface area contributed by atoms with Gasteiger partial charge in [0.1, 0.15) is 16.9 Å². The minimum atomic E-state index is -0.494. The molecule has 0 aliphatic heterocycles. The van der Waals surface area contributed by atoms with Gasteiger partial charge in [0.05, 0.1) is 34.1 Å². The summed E-state index contributed by atoms with van der Waals surface area (Å²) in [5, 5.41) is 12.3. The Balaban J connectivity index is 2.10. The highest BCUT2D eigenvalue weighted by molar-refractivity contribution is 7.00. The Morgan fingerprint density at radius 3 is 2.90 bits per heavy atom. The fourth-order valence-corrected chi connectivity index (χ4v) is 2.56. The van der Waals surface area contributed by atoms with Crippen molar-refractivity contribution in [2.75, 3.05) is 5.32 Å². The highest BCUT2D eigenvalue weighted by Gasteiger charge is 2.11. The van der Waals surface area contributed by atoms with Crippen molar-refractivity contribution in [1.82, 2.24) is 8.75 Å². The van der Waals surface area contributed by atoms with Gasteiger partial charge in [-0.25, -0.2) is 4.39 Å². The second-order valence-corrected chi connectivity index (χ2v) is 4.96. The number of halogens is 2. The molecule has 0 aliphatic carbocycles. The van der Waals surface area contributed by atoms with Crippen LogP contribution in [0.15, 0.2) is 30.3 Å². The smallest absolute Gasteiger partial charge is 0.129 e. The summed E-state index contributed by atoms with van der Waals surface area (Å²) in [7, 11) is 0. The van der Waals surface area contributed by atoms with Gasteiger partial charge in [-0.2, -0.15) is 14.0 Å². The van der Waals surface area contributed by atoms with Crippen LogP contribution < -0.4 is 5.32 Å². The summed E-state index contributed by atoms with van der Waals surface area (Å²) >= 11 is 7.21. The van der Waals surface area contributed by atoms with Crippen molar-refractivity contribution in [2.24, 2.45) is 0 Å². The van der Waals surface area contributed by atoms with Crippen molar-refractivity contribution in [3.63, 3.8) is 0 Å². The first-order chi connectivity index (χ1) is 9.67. The van der Waals surface area contributed by atoms with Crippen LogP contribution in [0.1, 0.15) is 5.56 Å². The van der Waals surface area contributed by atoms with Crippen molar-refractivity contribution in [3.05, 3.63) is 46.7 Å². The van der Waals surface area contributed by atoms with Crippen LogP contribution in [-0.4, -0.2) is 8.75 Å². The topological polar surface area (TPSA) is 61.6 Å². The Labute approximate surface area is 122 Å². The first-order valence-electron chi connectivity index (χ1n) is 5.56. The summed E-state index contributed by atoms with van der Waals surface area (Å²) in [6, 6.07) is 9.35. The first kappa shape index (κ1) is 12.8. The van der Waals surface area contributed by atoms with Gasteiger partial charge in [-0.1, -0.05) is 11.6 Å². The number of nitriles is 1. The van der Waals surface area contributed by atoms with E-state index in [4.69, 9.17) is 16.9 Å². The molecule has 0 saturated carbocycles. The Morgan fingerprint density at radius 1 is 1.25 bits per heavy atom. The highest BCUT2D eigenvalue weighted by Crippen LogP contribution is 2.32. The van der Waals surface area contributed by atoms with Gasteiger partial charge in [0.2, 0.25) is 0 Å². The zero-order valence-electron chi connectivity index (χ0n) is 9.89. The molecule has 0 atom stereocenters. The number of hydrogen-bond donors (Lipinski definition) is 1. The van der Waals surface area contributed by atoms with E-state index in [0.29, 0.717) is 27.4 Å². The number of fused-ring (bicyclic) bond motifs is 1. The minimum absolute atomic E-state index is 0.229. The van der Waals surface area contributed by atoms with E-state index in [1.54, 1.807) is 12.1 Å². The van der Waals surface area contributed by atoms with E-state index < -0.39 is 5.82 Å². The number of rotatable bonds is 2. The van der Waals surface area contributed by atoms with E-state index in [9.17, 15) is 4.39 Å².